The molecular weight excluding hydrogens is 314 g/mol. The average molecular weight is 341 g/mol. The molecule has 2 rings (SSSR count). The molecule has 0 aliphatic carbocycles. The number of para-hydroxylation sites is 1. The second-order valence-corrected chi connectivity index (χ2v) is 6.11. The highest BCUT2D eigenvalue weighted by Gasteiger charge is 2.13. The van der Waals surface area contributed by atoms with Crippen molar-refractivity contribution < 1.29 is 4.79 Å². The summed E-state index contributed by atoms with van der Waals surface area (Å²) in [7, 11) is 4.01. The number of benzene rings is 1. The van der Waals surface area contributed by atoms with Crippen LogP contribution in [0.25, 0.3) is 0 Å². The Morgan fingerprint density at radius 2 is 1.80 bits per heavy atom. The third-order valence-corrected chi connectivity index (χ3v) is 3.97. The minimum Gasteiger partial charge on any atom is -0.353 e. The van der Waals surface area contributed by atoms with Gasteiger partial charge in [0.15, 0.2) is 0 Å². The van der Waals surface area contributed by atoms with Gasteiger partial charge in [-0.3, -0.25) is 4.79 Å². The molecule has 0 bridgehead atoms. The van der Waals surface area contributed by atoms with Crippen LogP contribution in [0.3, 0.4) is 0 Å². The summed E-state index contributed by atoms with van der Waals surface area (Å²) >= 11 is 0. The van der Waals surface area contributed by atoms with Crippen LogP contribution in [0, 0.1) is 0 Å². The summed E-state index contributed by atoms with van der Waals surface area (Å²) in [5, 5.41) is 6.17. The first kappa shape index (κ1) is 18.9. The predicted octanol–water partition coefficient (Wildman–Crippen LogP) is 2.83. The third-order valence-electron chi connectivity index (χ3n) is 3.97. The first-order valence-electron chi connectivity index (χ1n) is 8.68. The number of carbonyl (C=O) groups is 1. The number of aromatic nitrogens is 2. The molecule has 0 aliphatic rings. The van der Waals surface area contributed by atoms with Gasteiger partial charge in [-0.15, -0.1) is 0 Å². The number of amides is 1. The van der Waals surface area contributed by atoms with Crippen molar-refractivity contribution >= 4 is 17.5 Å². The minimum atomic E-state index is -0.214. The normalized spacial score (nSPS) is 10.8. The highest BCUT2D eigenvalue weighted by Crippen LogP contribution is 2.23. The first-order chi connectivity index (χ1) is 12.0. The maximum atomic E-state index is 12.6. The second kappa shape index (κ2) is 9.13. The van der Waals surface area contributed by atoms with Gasteiger partial charge in [0.25, 0.3) is 5.91 Å². The monoisotopic (exact) mass is 341 g/mol. The molecule has 0 saturated heterocycles. The number of rotatable bonds is 8. The molecule has 2 aromatic rings. The molecule has 6 heteroatoms. The van der Waals surface area contributed by atoms with E-state index in [2.05, 4.69) is 39.3 Å². The van der Waals surface area contributed by atoms with E-state index in [1.807, 2.05) is 32.3 Å². The zero-order chi connectivity index (χ0) is 18.2. The van der Waals surface area contributed by atoms with Crippen LogP contribution >= 0.6 is 0 Å². The largest absolute Gasteiger partial charge is 0.353 e. The maximum Gasteiger partial charge on any atom is 0.274 e. The lowest BCUT2D eigenvalue weighted by Crippen LogP contribution is -2.22. The maximum absolute atomic E-state index is 12.6. The molecule has 6 nitrogen and oxygen atoms in total. The molecule has 2 N–H and O–H groups in total. The van der Waals surface area contributed by atoms with Gasteiger partial charge in [-0.2, -0.15) is 0 Å². The highest BCUT2D eigenvalue weighted by atomic mass is 16.1. The average Bonchev–Trinajstić information content (AvgIpc) is 2.61. The Hall–Kier alpha value is -2.47. The third kappa shape index (κ3) is 5.26. The van der Waals surface area contributed by atoms with Crippen molar-refractivity contribution in [1.82, 2.24) is 14.9 Å². The Labute approximate surface area is 149 Å². The van der Waals surface area contributed by atoms with Gasteiger partial charge >= 0.3 is 0 Å². The van der Waals surface area contributed by atoms with Crippen LogP contribution in [-0.2, 0) is 12.8 Å². The van der Waals surface area contributed by atoms with Crippen molar-refractivity contribution in [3.63, 3.8) is 0 Å². The van der Waals surface area contributed by atoms with Crippen molar-refractivity contribution in [1.29, 1.82) is 0 Å². The molecular formula is C19H27N5O. The van der Waals surface area contributed by atoms with Crippen molar-refractivity contribution in [3.05, 3.63) is 47.3 Å². The quantitative estimate of drug-likeness (QED) is 0.773. The zero-order valence-electron chi connectivity index (χ0n) is 15.5. The first-order valence-corrected chi connectivity index (χ1v) is 8.68. The summed E-state index contributed by atoms with van der Waals surface area (Å²) in [6.07, 6.45) is 3.33. The Kier molecular flexibility index (Phi) is 6.89. The zero-order valence-corrected chi connectivity index (χ0v) is 15.5. The van der Waals surface area contributed by atoms with E-state index in [9.17, 15) is 4.79 Å². The van der Waals surface area contributed by atoms with Gasteiger partial charge in [0.2, 0.25) is 5.95 Å². The van der Waals surface area contributed by atoms with E-state index in [0.29, 0.717) is 11.6 Å². The van der Waals surface area contributed by atoms with Crippen molar-refractivity contribution in [2.24, 2.45) is 0 Å². The van der Waals surface area contributed by atoms with Crippen LogP contribution in [0.5, 0.6) is 0 Å². The molecule has 0 saturated carbocycles. The molecule has 134 valence electrons. The Balaban J connectivity index is 2.14. The molecule has 1 heterocycles. The molecule has 0 radical (unpaired) electrons. The highest BCUT2D eigenvalue weighted by molar-refractivity contribution is 6.03. The summed E-state index contributed by atoms with van der Waals surface area (Å²) in [6, 6.07) is 7.75. The van der Waals surface area contributed by atoms with Crippen molar-refractivity contribution in [3.8, 4) is 0 Å². The fraction of sp³-hybridized carbons (Fsp3) is 0.421. The Morgan fingerprint density at radius 3 is 2.40 bits per heavy atom. The number of anilines is 2. The summed E-state index contributed by atoms with van der Waals surface area (Å²) < 4.78 is 0. The second-order valence-electron chi connectivity index (χ2n) is 6.11. The number of carbonyl (C=O) groups excluding carboxylic acids is 1. The van der Waals surface area contributed by atoms with E-state index in [1.54, 1.807) is 12.3 Å². The number of hydrogen-bond donors (Lipinski definition) is 2. The van der Waals surface area contributed by atoms with Gasteiger partial charge in [-0.1, -0.05) is 32.0 Å². The number of nitrogens with zero attached hydrogens (tertiary/aromatic N) is 3. The lowest BCUT2D eigenvalue weighted by molar-refractivity contribution is 0.102. The van der Waals surface area contributed by atoms with E-state index in [4.69, 9.17) is 0 Å². The van der Waals surface area contributed by atoms with Gasteiger partial charge in [-0.05, 0) is 44.1 Å². The van der Waals surface area contributed by atoms with Crippen molar-refractivity contribution in [2.45, 2.75) is 26.7 Å². The minimum absolute atomic E-state index is 0.214. The molecule has 0 atom stereocenters. The van der Waals surface area contributed by atoms with Crippen molar-refractivity contribution in [2.75, 3.05) is 37.8 Å². The topological polar surface area (TPSA) is 70.2 Å². The molecule has 1 aromatic carbocycles. The van der Waals surface area contributed by atoms with Crippen LogP contribution in [0.15, 0.2) is 30.5 Å². The van der Waals surface area contributed by atoms with E-state index < -0.39 is 0 Å². The number of nitrogens with one attached hydrogen (secondary N) is 2. The summed E-state index contributed by atoms with van der Waals surface area (Å²) in [5.74, 6) is 0.252. The van der Waals surface area contributed by atoms with Crippen LogP contribution in [0.4, 0.5) is 11.6 Å². The molecule has 0 unspecified atom stereocenters. The van der Waals surface area contributed by atoms with E-state index in [0.717, 1.165) is 42.7 Å². The summed E-state index contributed by atoms with van der Waals surface area (Å²) in [6.45, 7) is 5.75. The number of aryl methyl sites for hydroxylation is 2. The van der Waals surface area contributed by atoms with Gasteiger partial charge in [0.05, 0.1) is 0 Å². The predicted molar refractivity (Wildman–Crippen MR) is 102 cm³/mol. The molecule has 1 aromatic heterocycles. The molecule has 25 heavy (non-hydrogen) atoms. The molecule has 0 spiro atoms. The van der Waals surface area contributed by atoms with E-state index in [1.165, 1.54) is 0 Å². The van der Waals surface area contributed by atoms with Crippen LogP contribution in [0.2, 0.25) is 0 Å². The summed E-state index contributed by atoms with van der Waals surface area (Å²) in [4.78, 5) is 23.2. The van der Waals surface area contributed by atoms with Crippen LogP contribution < -0.4 is 10.6 Å². The smallest absolute Gasteiger partial charge is 0.274 e. The van der Waals surface area contributed by atoms with Crippen LogP contribution in [0.1, 0.15) is 35.5 Å². The number of hydrogen-bond acceptors (Lipinski definition) is 5. The van der Waals surface area contributed by atoms with Gasteiger partial charge < -0.3 is 15.5 Å². The number of likely N-dealkylation sites (N-methyl/N-ethyl adjacent to an activating group) is 1. The Morgan fingerprint density at radius 1 is 1.12 bits per heavy atom. The lowest BCUT2D eigenvalue weighted by atomic mass is 10.0. The fourth-order valence-corrected chi connectivity index (χ4v) is 2.54. The van der Waals surface area contributed by atoms with E-state index in [-0.39, 0.29) is 5.91 Å². The molecule has 1 amide bonds. The van der Waals surface area contributed by atoms with E-state index >= 15 is 0 Å². The standard InChI is InChI=1S/C19H27N5O/c1-5-14-8-7-9-15(6-2)17(14)23-18(25)16-10-11-20-19(22-16)21-12-13-24(3)4/h7-11H,5-6,12-13H2,1-4H3,(H,23,25)(H,20,21,22). The van der Waals surface area contributed by atoms with Gasteiger partial charge in [-0.25, -0.2) is 9.97 Å². The molecule has 0 aliphatic heterocycles. The fourth-order valence-electron chi connectivity index (χ4n) is 2.54. The SMILES string of the molecule is CCc1cccc(CC)c1NC(=O)c1ccnc(NCCN(C)C)n1. The Bertz CT molecular complexity index is 692. The van der Waals surface area contributed by atoms with Gasteiger partial charge in [0, 0.05) is 25.0 Å². The lowest BCUT2D eigenvalue weighted by Gasteiger charge is -2.14. The van der Waals surface area contributed by atoms with Gasteiger partial charge in [0.1, 0.15) is 5.69 Å². The summed E-state index contributed by atoms with van der Waals surface area (Å²) in [5.41, 5.74) is 3.52. The molecule has 0 fully saturated rings. The van der Waals surface area contributed by atoms with Crippen LogP contribution in [-0.4, -0.2) is 48.0 Å².